The first kappa shape index (κ1) is 8.33. The molecule has 0 atom stereocenters. The van der Waals surface area contributed by atoms with Gasteiger partial charge in [0.05, 0.1) is 0 Å². The van der Waals surface area contributed by atoms with Gasteiger partial charge in [0.1, 0.15) is 9.69 Å². The van der Waals surface area contributed by atoms with Gasteiger partial charge in [0, 0.05) is 6.26 Å². The van der Waals surface area contributed by atoms with Gasteiger partial charge in [-0.05, 0) is 0 Å². The van der Waals surface area contributed by atoms with Crippen molar-refractivity contribution in [2.75, 3.05) is 6.26 Å². The summed E-state index contributed by atoms with van der Waals surface area (Å²) < 4.78 is 21.5. The van der Waals surface area contributed by atoms with E-state index in [1.54, 1.807) is 24.3 Å². The fraction of sp³-hybridized carbons (Fsp3) is 0.143. The van der Waals surface area contributed by atoms with E-state index in [0.717, 1.165) is 5.46 Å². The topological polar surface area (TPSA) is 34.1 Å². The van der Waals surface area contributed by atoms with Gasteiger partial charge in [-0.1, -0.05) is 35.8 Å². The SMILES string of the molecule is CS(=O)(=O)[B]c1ccccc1. The second-order valence-corrected chi connectivity index (χ2v) is 4.25. The van der Waals surface area contributed by atoms with Crippen LogP contribution in [0.15, 0.2) is 30.3 Å². The third kappa shape index (κ3) is 3.23. The molecule has 0 aromatic heterocycles. The highest BCUT2D eigenvalue weighted by Gasteiger charge is 2.06. The maximum Gasteiger partial charge on any atom is 0.316 e. The predicted octanol–water partition coefficient (Wildman–Crippen LogP) is -0.0243. The standard InChI is InChI=1S/C7H8BO2S/c1-11(9,10)8-7-5-3-2-4-6-7/h2-6H,1H3. The van der Waals surface area contributed by atoms with Crippen molar-refractivity contribution in [1.29, 1.82) is 0 Å². The van der Waals surface area contributed by atoms with E-state index in [2.05, 4.69) is 0 Å². The Morgan fingerprint density at radius 1 is 1.18 bits per heavy atom. The minimum Gasteiger partial charge on any atom is -0.242 e. The maximum absolute atomic E-state index is 10.7. The van der Waals surface area contributed by atoms with Crippen molar-refractivity contribution in [2.45, 2.75) is 0 Å². The summed E-state index contributed by atoms with van der Waals surface area (Å²) in [6.07, 6.45) is 1.18. The van der Waals surface area contributed by atoms with Gasteiger partial charge in [-0.15, -0.1) is 0 Å². The summed E-state index contributed by atoms with van der Waals surface area (Å²) in [6, 6.07) is 8.95. The Morgan fingerprint density at radius 2 is 1.73 bits per heavy atom. The van der Waals surface area contributed by atoms with Crippen LogP contribution in [0.25, 0.3) is 0 Å². The lowest BCUT2D eigenvalue weighted by atomic mass is 9.95. The molecule has 0 saturated carbocycles. The zero-order valence-electron chi connectivity index (χ0n) is 6.19. The van der Waals surface area contributed by atoms with Gasteiger partial charge >= 0.3 is 6.56 Å². The Morgan fingerprint density at radius 3 is 2.18 bits per heavy atom. The Labute approximate surface area is 67.3 Å². The van der Waals surface area contributed by atoms with Gasteiger partial charge in [-0.2, -0.15) is 0 Å². The smallest absolute Gasteiger partial charge is 0.242 e. The Balaban J connectivity index is 2.82. The Hall–Kier alpha value is -0.765. The molecule has 57 valence electrons. The summed E-state index contributed by atoms with van der Waals surface area (Å²) in [5.41, 5.74) is 0.718. The van der Waals surface area contributed by atoms with E-state index in [9.17, 15) is 8.42 Å². The molecule has 0 spiro atoms. The van der Waals surface area contributed by atoms with E-state index < -0.39 is 9.69 Å². The molecule has 0 aliphatic heterocycles. The fourth-order valence-corrected chi connectivity index (χ4v) is 1.43. The molecular formula is C7H8BO2S. The van der Waals surface area contributed by atoms with Crippen LogP contribution in [-0.2, 0) is 9.69 Å². The van der Waals surface area contributed by atoms with Crippen LogP contribution in [0.5, 0.6) is 0 Å². The van der Waals surface area contributed by atoms with Crippen molar-refractivity contribution >= 4 is 21.7 Å². The van der Waals surface area contributed by atoms with Crippen molar-refractivity contribution in [3.8, 4) is 0 Å². The van der Waals surface area contributed by atoms with E-state index in [0.29, 0.717) is 0 Å². The lowest BCUT2D eigenvalue weighted by molar-refractivity contribution is 0.614. The maximum atomic E-state index is 10.7. The molecule has 1 rings (SSSR count). The second kappa shape index (κ2) is 3.09. The van der Waals surface area contributed by atoms with E-state index in [1.165, 1.54) is 12.8 Å². The summed E-state index contributed by atoms with van der Waals surface area (Å²) in [4.78, 5) is 0. The lowest BCUT2D eigenvalue weighted by Crippen LogP contribution is -2.22. The molecule has 0 bridgehead atoms. The van der Waals surface area contributed by atoms with Crippen LogP contribution in [0.2, 0.25) is 0 Å². The highest BCUT2D eigenvalue weighted by atomic mass is 32.2. The number of rotatable bonds is 2. The van der Waals surface area contributed by atoms with Crippen LogP contribution in [0, 0.1) is 0 Å². The van der Waals surface area contributed by atoms with Gasteiger partial charge in [-0.25, -0.2) is 8.42 Å². The quantitative estimate of drug-likeness (QED) is 0.580. The molecule has 0 unspecified atom stereocenters. The summed E-state index contributed by atoms with van der Waals surface area (Å²) in [5.74, 6) is 0. The second-order valence-electron chi connectivity index (χ2n) is 2.36. The van der Waals surface area contributed by atoms with Crippen molar-refractivity contribution in [2.24, 2.45) is 0 Å². The number of hydrogen-bond acceptors (Lipinski definition) is 2. The van der Waals surface area contributed by atoms with E-state index in [4.69, 9.17) is 0 Å². The third-order valence-electron chi connectivity index (χ3n) is 1.15. The molecule has 0 N–H and O–H groups in total. The van der Waals surface area contributed by atoms with Crippen molar-refractivity contribution in [3.05, 3.63) is 30.3 Å². The minimum absolute atomic E-state index is 0.718. The molecule has 0 aliphatic rings. The molecule has 0 fully saturated rings. The molecule has 2 nitrogen and oxygen atoms in total. The molecule has 1 aromatic carbocycles. The molecule has 0 heterocycles. The van der Waals surface area contributed by atoms with Crippen LogP contribution in [0.3, 0.4) is 0 Å². The van der Waals surface area contributed by atoms with Crippen molar-refractivity contribution < 1.29 is 8.42 Å². The molecular weight excluding hydrogens is 159 g/mol. The zero-order valence-corrected chi connectivity index (χ0v) is 7.01. The first-order valence-corrected chi connectivity index (χ1v) is 5.13. The van der Waals surface area contributed by atoms with Crippen LogP contribution < -0.4 is 5.46 Å². The summed E-state index contributed by atoms with van der Waals surface area (Å²) in [7, 11) is -3.00. The Bertz CT molecular complexity index is 318. The first-order chi connectivity index (χ1) is 5.08. The molecule has 1 aromatic rings. The van der Waals surface area contributed by atoms with Crippen LogP contribution in [0.1, 0.15) is 0 Å². The van der Waals surface area contributed by atoms with Crippen LogP contribution in [-0.4, -0.2) is 21.2 Å². The largest absolute Gasteiger partial charge is 0.316 e. The molecule has 0 saturated heterocycles. The molecule has 11 heavy (non-hydrogen) atoms. The normalized spacial score (nSPS) is 11.0. The summed E-state index contributed by atoms with van der Waals surface area (Å²) in [5, 5.41) is 0. The van der Waals surface area contributed by atoms with Gasteiger partial charge in [0.2, 0.25) is 0 Å². The van der Waals surface area contributed by atoms with Crippen molar-refractivity contribution in [3.63, 3.8) is 0 Å². The monoisotopic (exact) mass is 167 g/mol. The molecule has 1 radical (unpaired) electrons. The minimum atomic E-state index is -3.00. The zero-order chi connectivity index (χ0) is 8.32. The van der Waals surface area contributed by atoms with Gasteiger partial charge in [-0.3, -0.25) is 0 Å². The average molecular weight is 167 g/mol. The van der Waals surface area contributed by atoms with E-state index >= 15 is 0 Å². The van der Waals surface area contributed by atoms with Crippen LogP contribution in [0.4, 0.5) is 0 Å². The van der Waals surface area contributed by atoms with Crippen LogP contribution >= 0.6 is 0 Å². The van der Waals surface area contributed by atoms with Gasteiger partial charge < -0.3 is 0 Å². The van der Waals surface area contributed by atoms with E-state index in [-0.39, 0.29) is 0 Å². The van der Waals surface area contributed by atoms with Gasteiger partial charge in [0.15, 0.2) is 0 Å². The lowest BCUT2D eigenvalue weighted by Gasteiger charge is -1.94. The van der Waals surface area contributed by atoms with Gasteiger partial charge in [0.25, 0.3) is 0 Å². The molecule has 0 aliphatic carbocycles. The van der Waals surface area contributed by atoms with E-state index in [1.807, 2.05) is 6.07 Å². The Kier molecular flexibility index (Phi) is 2.34. The fourth-order valence-electron chi connectivity index (χ4n) is 0.779. The average Bonchev–Trinajstić information content (AvgIpc) is 1.85. The predicted molar refractivity (Wildman–Crippen MR) is 46.7 cm³/mol. The third-order valence-corrected chi connectivity index (χ3v) is 1.85. The highest BCUT2D eigenvalue weighted by molar-refractivity contribution is 8.15. The molecule has 0 amide bonds. The highest BCUT2D eigenvalue weighted by Crippen LogP contribution is 1.84. The molecule has 4 heteroatoms. The first-order valence-electron chi connectivity index (χ1n) is 3.18. The number of benzene rings is 1. The summed E-state index contributed by atoms with van der Waals surface area (Å²) >= 11 is 0. The van der Waals surface area contributed by atoms with Crippen molar-refractivity contribution in [1.82, 2.24) is 0 Å². The summed E-state index contributed by atoms with van der Waals surface area (Å²) in [6.45, 7) is 1.24. The number of hydrogen-bond donors (Lipinski definition) is 0.